The molecule has 1 aromatic rings. The lowest BCUT2D eigenvalue weighted by atomic mass is 9.91. The number of aliphatic carboxylic acids is 1. The van der Waals surface area contributed by atoms with Gasteiger partial charge in [0.25, 0.3) is 0 Å². The second-order valence-corrected chi connectivity index (χ2v) is 12.1. The van der Waals surface area contributed by atoms with Gasteiger partial charge in [-0.1, -0.05) is 49.9 Å². The number of nitrogens with one attached hydrogen (secondary N) is 3. The third-order valence-corrected chi connectivity index (χ3v) is 8.09. The van der Waals surface area contributed by atoms with Crippen molar-refractivity contribution in [1.82, 2.24) is 20.9 Å². The number of hydrogen-bond acceptors (Lipinski definition) is 8. The summed E-state index contributed by atoms with van der Waals surface area (Å²) in [5.74, 6) is -1.35. The molecule has 1 aromatic carbocycles. The molecule has 0 aliphatic carbocycles. The number of rotatable bonds is 14. The zero-order valence-electron chi connectivity index (χ0n) is 23.2. The van der Waals surface area contributed by atoms with Gasteiger partial charge in [0, 0.05) is 39.1 Å². The van der Waals surface area contributed by atoms with Crippen molar-refractivity contribution in [2.45, 2.75) is 71.2 Å². The Labute approximate surface area is 238 Å². The van der Waals surface area contributed by atoms with Crippen molar-refractivity contribution in [2.24, 2.45) is 5.92 Å². The summed E-state index contributed by atoms with van der Waals surface area (Å²) in [6.45, 7) is 7.11. The van der Waals surface area contributed by atoms with Crippen LogP contribution in [0.1, 0.15) is 45.2 Å². The van der Waals surface area contributed by atoms with Crippen LogP contribution in [-0.4, -0.2) is 87.3 Å². The van der Waals surface area contributed by atoms with Crippen LogP contribution < -0.4 is 16.0 Å². The number of carboxylic acid groups (broad SMARTS) is 1. The van der Waals surface area contributed by atoms with Gasteiger partial charge in [0.1, 0.15) is 12.1 Å². The Balaban J connectivity index is 2.29. The predicted molar refractivity (Wildman–Crippen MR) is 154 cm³/mol. The highest BCUT2D eigenvalue weighted by molar-refractivity contribution is 8.13. The molecule has 10 nitrogen and oxygen atoms in total. The Morgan fingerprint density at radius 2 is 1.74 bits per heavy atom. The number of carbonyl (C=O) groups is 5. The van der Waals surface area contributed by atoms with Gasteiger partial charge < -0.3 is 26.0 Å². The molecule has 4 N–H and O–H groups in total. The van der Waals surface area contributed by atoms with Gasteiger partial charge in [-0.15, -0.1) is 0 Å². The molecular formula is C27H40N4O6S2. The van der Waals surface area contributed by atoms with Crippen LogP contribution in [0.15, 0.2) is 24.3 Å². The molecule has 12 heteroatoms. The van der Waals surface area contributed by atoms with Gasteiger partial charge in [-0.05, 0) is 35.5 Å². The Morgan fingerprint density at radius 1 is 1.08 bits per heavy atom. The normalized spacial score (nSPS) is 17.1. The number of nitrogens with zero attached hydrogens (tertiary/aromatic N) is 1. The maximum absolute atomic E-state index is 14.0. The zero-order chi connectivity index (χ0) is 29.1. The molecule has 0 saturated heterocycles. The predicted octanol–water partition coefficient (Wildman–Crippen LogP) is 1.66. The molecule has 216 valence electrons. The van der Waals surface area contributed by atoms with Crippen molar-refractivity contribution in [2.75, 3.05) is 24.3 Å². The largest absolute Gasteiger partial charge is 0.480 e. The number of fused-ring (bicyclic) bond motifs is 1. The maximum Gasteiger partial charge on any atom is 0.326 e. The molecule has 2 rings (SSSR count). The van der Waals surface area contributed by atoms with Crippen molar-refractivity contribution < 1.29 is 29.1 Å². The molecule has 0 fully saturated rings. The first-order valence-electron chi connectivity index (χ1n) is 13.0. The molecule has 1 aliphatic rings. The van der Waals surface area contributed by atoms with E-state index >= 15 is 0 Å². The Morgan fingerprint density at radius 3 is 2.31 bits per heavy atom. The Bertz CT molecular complexity index is 1040. The lowest BCUT2D eigenvalue weighted by Gasteiger charge is -2.39. The maximum atomic E-state index is 14.0. The van der Waals surface area contributed by atoms with E-state index in [2.05, 4.69) is 16.0 Å². The number of amides is 3. The van der Waals surface area contributed by atoms with Gasteiger partial charge >= 0.3 is 5.97 Å². The van der Waals surface area contributed by atoms with Gasteiger partial charge in [-0.3, -0.25) is 19.2 Å². The monoisotopic (exact) mass is 580 g/mol. The van der Waals surface area contributed by atoms with E-state index in [0.717, 1.165) is 22.9 Å². The second kappa shape index (κ2) is 15.9. The molecule has 39 heavy (non-hydrogen) atoms. The molecular weight excluding hydrogens is 540 g/mol. The lowest BCUT2D eigenvalue weighted by molar-refractivity contribution is -0.146. The number of benzene rings is 1. The Kier molecular flexibility index (Phi) is 13.3. The van der Waals surface area contributed by atoms with E-state index < -0.39 is 30.0 Å². The fourth-order valence-corrected chi connectivity index (χ4v) is 5.57. The first-order chi connectivity index (χ1) is 18.4. The SMILES string of the molecule is CSCC[C@H](NC(=O)[C@@H]1Cc2ccccc2CN1C(=O)[C@@H](NC[C@H](CSC(C)=O)NC(C)=O)C(C)C)C(=O)O. The van der Waals surface area contributed by atoms with Crippen LogP contribution in [0.3, 0.4) is 0 Å². The highest BCUT2D eigenvalue weighted by atomic mass is 32.2. The lowest BCUT2D eigenvalue weighted by Crippen LogP contribution is -2.60. The fraction of sp³-hybridized carbons (Fsp3) is 0.593. The van der Waals surface area contributed by atoms with Crippen molar-refractivity contribution in [3.05, 3.63) is 35.4 Å². The zero-order valence-corrected chi connectivity index (χ0v) is 24.8. The molecule has 0 bridgehead atoms. The summed E-state index contributed by atoms with van der Waals surface area (Å²) in [4.78, 5) is 63.9. The third kappa shape index (κ3) is 10.2. The summed E-state index contributed by atoms with van der Waals surface area (Å²) >= 11 is 2.59. The highest BCUT2D eigenvalue weighted by Crippen LogP contribution is 2.25. The van der Waals surface area contributed by atoms with Crippen molar-refractivity contribution in [3.63, 3.8) is 0 Å². The first kappa shape index (κ1) is 32.6. The van der Waals surface area contributed by atoms with E-state index in [0.29, 0.717) is 11.5 Å². The molecule has 0 saturated carbocycles. The van der Waals surface area contributed by atoms with Gasteiger partial charge in [0.2, 0.25) is 17.7 Å². The molecule has 0 spiro atoms. The third-order valence-electron chi connectivity index (χ3n) is 6.47. The quantitative estimate of drug-likeness (QED) is 0.258. The molecule has 1 heterocycles. The van der Waals surface area contributed by atoms with Gasteiger partial charge in [-0.25, -0.2) is 4.79 Å². The average molecular weight is 581 g/mol. The summed E-state index contributed by atoms with van der Waals surface area (Å²) in [6.07, 6.45) is 2.42. The molecule has 1 aliphatic heterocycles. The fourth-order valence-electron chi connectivity index (χ4n) is 4.46. The smallest absolute Gasteiger partial charge is 0.326 e. The first-order valence-corrected chi connectivity index (χ1v) is 15.4. The molecule has 0 unspecified atom stereocenters. The topological polar surface area (TPSA) is 145 Å². The van der Waals surface area contributed by atoms with Crippen LogP contribution in [0.2, 0.25) is 0 Å². The number of carbonyl (C=O) groups excluding carboxylic acids is 4. The van der Waals surface area contributed by atoms with Crippen molar-refractivity contribution in [3.8, 4) is 0 Å². The summed E-state index contributed by atoms with van der Waals surface area (Å²) in [5.41, 5.74) is 1.88. The number of carboxylic acids is 1. The van der Waals surface area contributed by atoms with Gasteiger partial charge in [0.05, 0.1) is 12.1 Å². The van der Waals surface area contributed by atoms with Crippen LogP contribution in [0.4, 0.5) is 0 Å². The standard InChI is InChI=1S/C27H40N4O6S2/c1-16(2)24(28-13-21(29-17(3)32)15-39-18(4)33)26(35)31-14-20-9-7-6-8-19(20)12-23(31)25(34)30-22(27(36)37)10-11-38-5/h6-9,16,21-24,28H,10-15H2,1-5H3,(H,29,32)(H,30,34)(H,36,37)/t21-,22+,23+,24+/m1/s1. The molecule has 0 radical (unpaired) electrons. The number of hydrogen-bond donors (Lipinski definition) is 4. The van der Waals surface area contributed by atoms with Crippen LogP contribution in [-0.2, 0) is 36.9 Å². The van der Waals surface area contributed by atoms with E-state index in [9.17, 15) is 29.1 Å². The van der Waals surface area contributed by atoms with Crippen molar-refractivity contribution in [1.29, 1.82) is 0 Å². The van der Waals surface area contributed by atoms with Gasteiger partial charge in [0.15, 0.2) is 5.12 Å². The Hall–Kier alpha value is -2.57. The molecule has 0 aromatic heterocycles. The highest BCUT2D eigenvalue weighted by Gasteiger charge is 2.39. The summed E-state index contributed by atoms with van der Waals surface area (Å²) in [5, 5.41) is 18.3. The van der Waals surface area contributed by atoms with Crippen LogP contribution in [0.5, 0.6) is 0 Å². The molecule has 3 amide bonds. The van der Waals surface area contributed by atoms with E-state index in [1.54, 1.807) is 0 Å². The van der Waals surface area contributed by atoms with Crippen LogP contribution >= 0.6 is 23.5 Å². The summed E-state index contributed by atoms with van der Waals surface area (Å²) < 4.78 is 0. The number of thioether (sulfide) groups is 2. The van der Waals surface area contributed by atoms with Crippen molar-refractivity contribution >= 4 is 52.3 Å². The van der Waals surface area contributed by atoms with E-state index in [1.807, 2.05) is 44.4 Å². The van der Waals surface area contributed by atoms with Crippen LogP contribution in [0.25, 0.3) is 0 Å². The van der Waals surface area contributed by atoms with E-state index in [1.165, 1.54) is 30.5 Å². The van der Waals surface area contributed by atoms with E-state index in [-0.39, 0.29) is 54.8 Å². The minimum Gasteiger partial charge on any atom is -0.480 e. The minimum atomic E-state index is -1.11. The average Bonchev–Trinajstić information content (AvgIpc) is 2.87. The van der Waals surface area contributed by atoms with Gasteiger partial charge in [-0.2, -0.15) is 11.8 Å². The van der Waals surface area contributed by atoms with Crippen LogP contribution in [0, 0.1) is 5.92 Å². The summed E-state index contributed by atoms with van der Waals surface area (Å²) in [7, 11) is 0. The second-order valence-electron chi connectivity index (χ2n) is 9.97. The molecule has 4 atom stereocenters. The van der Waals surface area contributed by atoms with E-state index in [4.69, 9.17) is 0 Å². The minimum absolute atomic E-state index is 0.0696. The summed E-state index contributed by atoms with van der Waals surface area (Å²) in [6, 6.07) is 4.64.